The topological polar surface area (TPSA) is 238 Å². The molecule has 0 atom stereocenters. The molecule has 0 bridgehead atoms. The second-order valence-corrected chi connectivity index (χ2v) is 17.5. The number of fused-ring (bicyclic) bond motifs is 4. The highest BCUT2D eigenvalue weighted by Gasteiger charge is 2.28. The smallest absolute Gasteiger partial charge is 0.257 e. The number of amides is 2. The molecule has 7 aromatic heterocycles. The fourth-order valence-corrected chi connectivity index (χ4v) is 9.61. The van der Waals surface area contributed by atoms with Crippen molar-refractivity contribution in [3.63, 3.8) is 0 Å². The third-order valence-corrected chi connectivity index (χ3v) is 13.4. The predicted octanol–water partition coefficient (Wildman–Crippen LogP) is 2.50. The van der Waals surface area contributed by atoms with Crippen molar-refractivity contribution < 1.29 is 9.59 Å². The first-order chi connectivity index (χ1) is 33.4. The Balaban J connectivity index is 0.633. The number of nitrogen functional groups attached to an aromatic ring is 1. The van der Waals surface area contributed by atoms with Crippen LogP contribution in [0.3, 0.4) is 0 Å². The van der Waals surface area contributed by atoms with Crippen molar-refractivity contribution in [1.82, 2.24) is 74.7 Å². The number of benzene rings is 1. The summed E-state index contributed by atoms with van der Waals surface area (Å²) in [6.45, 7) is 8.38. The van der Waals surface area contributed by atoms with Crippen LogP contribution in [0, 0.1) is 0 Å². The zero-order valence-corrected chi connectivity index (χ0v) is 37.2. The molecule has 0 unspecified atom stereocenters. The first kappa shape index (κ1) is 41.2. The monoisotopic (exact) mass is 909 g/mol. The van der Waals surface area contributed by atoms with Gasteiger partial charge >= 0.3 is 0 Å². The molecule has 11 heterocycles. The van der Waals surface area contributed by atoms with Crippen LogP contribution in [-0.2, 0) is 32.5 Å². The Hall–Kier alpha value is -8.20. The fourth-order valence-electron chi connectivity index (χ4n) is 9.61. The van der Waals surface area contributed by atoms with Crippen molar-refractivity contribution in [2.45, 2.75) is 32.5 Å². The van der Waals surface area contributed by atoms with Crippen LogP contribution in [-0.4, -0.2) is 147 Å². The number of carbonyl (C=O) groups is 2. The molecule has 2 amide bonds. The maximum Gasteiger partial charge on any atom is 0.257 e. The molecule has 0 saturated carbocycles. The number of carbonyl (C=O) groups excluding carboxylic acids is 2. The predicted molar refractivity (Wildman–Crippen MR) is 253 cm³/mol. The second-order valence-electron chi connectivity index (χ2n) is 17.5. The van der Waals surface area contributed by atoms with Gasteiger partial charge in [-0.2, -0.15) is 5.10 Å². The molecule has 21 heteroatoms. The van der Waals surface area contributed by atoms with Crippen molar-refractivity contribution in [1.29, 1.82) is 0 Å². The molecule has 21 nitrogen and oxygen atoms in total. The zero-order valence-electron chi connectivity index (χ0n) is 37.2. The molecule has 0 aliphatic carbocycles. The van der Waals surface area contributed by atoms with Crippen LogP contribution in [0.4, 0.5) is 23.7 Å². The van der Waals surface area contributed by atoms with Gasteiger partial charge in [0.15, 0.2) is 5.65 Å². The highest BCUT2D eigenvalue weighted by molar-refractivity contribution is 5.99. The molecule has 2 saturated heterocycles. The molecule has 12 rings (SSSR count). The van der Waals surface area contributed by atoms with Gasteiger partial charge in [0, 0.05) is 145 Å². The normalized spacial score (nSPS) is 16.3. The lowest BCUT2D eigenvalue weighted by atomic mass is 9.97. The maximum absolute atomic E-state index is 13.7. The van der Waals surface area contributed by atoms with Crippen LogP contribution in [0.25, 0.3) is 33.3 Å². The lowest BCUT2D eigenvalue weighted by Gasteiger charge is -2.35. The number of nitrogens with zero attached hydrogens (tertiary/aromatic N) is 16. The van der Waals surface area contributed by atoms with Crippen molar-refractivity contribution in [3.8, 4) is 11.3 Å². The van der Waals surface area contributed by atoms with E-state index in [-0.39, 0.29) is 11.8 Å². The lowest BCUT2D eigenvalue weighted by Crippen LogP contribution is -2.49. The molecule has 342 valence electrons. The minimum Gasteiger partial charge on any atom is -0.383 e. The summed E-state index contributed by atoms with van der Waals surface area (Å²) in [6.07, 6.45) is 15.1. The second kappa shape index (κ2) is 17.2. The summed E-state index contributed by atoms with van der Waals surface area (Å²) in [5, 5.41) is 9.99. The van der Waals surface area contributed by atoms with Gasteiger partial charge in [0.2, 0.25) is 17.8 Å². The van der Waals surface area contributed by atoms with Crippen molar-refractivity contribution in [2.24, 2.45) is 0 Å². The summed E-state index contributed by atoms with van der Waals surface area (Å²) < 4.78 is 1.86. The van der Waals surface area contributed by atoms with E-state index in [2.05, 4.69) is 78.2 Å². The van der Waals surface area contributed by atoms with E-state index in [9.17, 15) is 9.59 Å². The van der Waals surface area contributed by atoms with E-state index >= 15 is 0 Å². The molecule has 4 N–H and O–H groups in total. The Morgan fingerprint density at radius 2 is 1.34 bits per heavy atom. The van der Waals surface area contributed by atoms with Gasteiger partial charge in [-0.1, -0.05) is 18.2 Å². The molecule has 0 spiro atoms. The lowest BCUT2D eigenvalue weighted by molar-refractivity contribution is 0.0729. The van der Waals surface area contributed by atoms with Crippen molar-refractivity contribution in [2.75, 3.05) is 85.9 Å². The average Bonchev–Trinajstić information content (AvgIpc) is 4.03. The van der Waals surface area contributed by atoms with Gasteiger partial charge in [-0.15, -0.1) is 0 Å². The maximum atomic E-state index is 13.7. The third kappa shape index (κ3) is 7.78. The van der Waals surface area contributed by atoms with E-state index in [1.165, 1.54) is 17.5 Å². The summed E-state index contributed by atoms with van der Waals surface area (Å²) in [5.74, 6) is 2.05. The summed E-state index contributed by atoms with van der Waals surface area (Å²) >= 11 is 0. The summed E-state index contributed by atoms with van der Waals surface area (Å²) in [5.41, 5.74) is 15.9. The molecule has 68 heavy (non-hydrogen) atoms. The quantitative estimate of drug-likeness (QED) is 0.199. The Morgan fingerprint density at radius 1 is 0.647 bits per heavy atom. The Kier molecular flexibility index (Phi) is 10.4. The van der Waals surface area contributed by atoms with Crippen molar-refractivity contribution in [3.05, 3.63) is 119 Å². The van der Waals surface area contributed by atoms with E-state index in [1.807, 2.05) is 43.9 Å². The van der Waals surface area contributed by atoms with Crippen LogP contribution in [0.15, 0.2) is 80.0 Å². The van der Waals surface area contributed by atoms with E-state index in [0.29, 0.717) is 97.8 Å². The summed E-state index contributed by atoms with van der Waals surface area (Å²) in [6, 6.07) is 10.3. The number of nitrogens with one attached hydrogen (secondary N) is 2. The van der Waals surface area contributed by atoms with Crippen LogP contribution in [0.2, 0.25) is 0 Å². The fraction of sp³-hybridized carbons (Fsp3) is 0.319. The highest BCUT2D eigenvalue weighted by atomic mass is 16.2. The minimum atomic E-state index is -0.116. The molecule has 4 aliphatic rings. The van der Waals surface area contributed by atoms with Gasteiger partial charge < -0.3 is 40.5 Å². The van der Waals surface area contributed by atoms with Crippen LogP contribution < -0.4 is 25.8 Å². The number of rotatable bonds is 8. The van der Waals surface area contributed by atoms with Crippen LogP contribution in [0.1, 0.15) is 48.7 Å². The SMILES string of the molecule is Nc1ncnc2c1c(-c1cnc3[nH]ccc3c1)nn2Cc1ccc2c(c1)CCN(C(=O)c1cnc(N3CCN(C(=O)c4cnc(N5CCN(c6ncc7c(n6)CCNC7)CC5)nc4)CC3)nc1)C2. The summed E-state index contributed by atoms with van der Waals surface area (Å²) in [7, 11) is 0. The molecule has 1 aromatic carbocycles. The van der Waals surface area contributed by atoms with Crippen LogP contribution >= 0.6 is 0 Å². The van der Waals surface area contributed by atoms with Crippen LogP contribution in [0.5, 0.6) is 0 Å². The van der Waals surface area contributed by atoms with E-state index < -0.39 is 0 Å². The van der Waals surface area contributed by atoms with E-state index in [0.717, 1.165) is 85.1 Å². The van der Waals surface area contributed by atoms with Gasteiger partial charge in [0.1, 0.15) is 23.5 Å². The number of aromatic nitrogens is 12. The molecular formula is C47H47N19O2. The third-order valence-electron chi connectivity index (χ3n) is 13.4. The first-order valence-corrected chi connectivity index (χ1v) is 22.9. The van der Waals surface area contributed by atoms with Crippen molar-refractivity contribution >= 4 is 57.5 Å². The Bertz CT molecular complexity index is 3190. The molecule has 0 radical (unpaired) electrons. The molecule has 4 aliphatic heterocycles. The van der Waals surface area contributed by atoms with Gasteiger partial charge in [0.25, 0.3) is 11.8 Å². The molecule has 8 aromatic rings. The van der Waals surface area contributed by atoms with E-state index in [1.54, 1.807) is 31.0 Å². The number of hydrogen-bond donors (Lipinski definition) is 3. The Labute approximate surface area is 389 Å². The highest BCUT2D eigenvalue weighted by Crippen LogP contribution is 2.32. The van der Waals surface area contributed by atoms with Gasteiger partial charge in [-0.25, -0.2) is 49.5 Å². The largest absolute Gasteiger partial charge is 0.383 e. The number of anilines is 4. The number of aromatic amines is 1. The zero-order chi connectivity index (χ0) is 45.7. The first-order valence-electron chi connectivity index (χ1n) is 22.9. The van der Waals surface area contributed by atoms with E-state index in [4.69, 9.17) is 15.8 Å². The number of hydrogen-bond acceptors (Lipinski definition) is 17. The standard InChI is InChI=1S/C47H47N19O2/c48-40-38-39(33-18-31-3-7-50-41(31)51-20-33)60-66(42(38)58-28-57-40)26-29-1-2-32-27-65(8-5-30(32)17-29)44(68)36-24-54-45(55-25-36)62-11-9-61(10-12-62)43(67)35-22-52-46(53-23-35)63-13-15-64(16-14-63)47-56-21-34-19-49-6-4-37(34)59-47/h1-3,7,17-18,20-25,28,49H,4-6,8-16,19,26-27H2,(H,50,51)(H2,48,57,58). The Morgan fingerprint density at radius 3 is 2.09 bits per heavy atom. The number of H-pyrrole nitrogens is 1. The number of piperazine rings is 2. The molecular weight excluding hydrogens is 863 g/mol. The summed E-state index contributed by atoms with van der Waals surface area (Å²) in [4.78, 5) is 81.6. The average molecular weight is 910 g/mol. The minimum absolute atomic E-state index is 0.108. The number of nitrogens with two attached hydrogens (primary N) is 1. The van der Waals surface area contributed by atoms with Gasteiger partial charge in [-0.05, 0) is 35.2 Å². The van der Waals surface area contributed by atoms with Gasteiger partial charge in [0.05, 0.1) is 28.8 Å². The number of pyridine rings is 1. The van der Waals surface area contributed by atoms with Gasteiger partial charge in [-0.3, -0.25) is 9.59 Å². The molecule has 2 fully saturated rings.